The summed E-state index contributed by atoms with van der Waals surface area (Å²) in [6.45, 7) is 8.06. The van der Waals surface area contributed by atoms with Crippen molar-refractivity contribution < 1.29 is 4.42 Å². The average molecular weight is 241 g/mol. The van der Waals surface area contributed by atoms with E-state index in [1.54, 1.807) is 6.26 Å². The first kappa shape index (κ1) is 12.5. The lowest BCUT2D eigenvalue weighted by Gasteiger charge is -2.18. The topological polar surface area (TPSA) is 25.2 Å². The van der Waals surface area contributed by atoms with Gasteiger partial charge in [0.05, 0.1) is 12.3 Å². The molecule has 1 atom stereocenters. The van der Waals surface area contributed by atoms with E-state index in [0.29, 0.717) is 0 Å². The highest BCUT2D eigenvalue weighted by atomic mass is 16.3. The van der Waals surface area contributed by atoms with Crippen LogP contribution in [-0.4, -0.2) is 0 Å². The molecule has 0 aliphatic rings. The fourth-order valence-corrected chi connectivity index (χ4v) is 2.00. The molecule has 0 saturated carbocycles. The predicted octanol–water partition coefficient (Wildman–Crippen LogP) is 4.63. The summed E-state index contributed by atoms with van der Waals surface area (Å²) in [6, 6.07) is 10.3. The van der Waals surface area contributed by atoms with Gasteiger partial charge >= 0.3 is 0 Å². The summed E-state index contributed by atoms with van der Waals surface area (Å²) in [7, 11) is 0. The second-order valence-electron chi connectivity index (χ2n) is 4.48. The molecular formula is C16H19NO. The molecule has 0 aliphatic carbocycles. The molecular weight excluding hydrogens is 222 g/mol. The second kappa shape index (κ2) is 5.58. The van der Waals surface area contributed by atoms with Crippen molar-refractivity contribution in [2.75, 3.05) is 5.32 Å². The average Bonchev–Trinajstić information content (AvgIpc) is 2.88. The van der Waals surface area contributed by atoms with Crippen LogP contribution in [0.5, 0.6) is 0 Å². The zero-order chi connectivity index (χ0) is 13.0. The van der Waals surface area contributed by atoms with Crippen molar-refractivity contribution in [2.24, 2.45) is 0 Å². The summed E-state index contributed by atoms with van der Waals surface area (Å²) in [6.07, 6.45) is 4.45. The molecule has 0 amide bonds. The summed E-state index contributed by atoms with van der Waals surface area (Å²) in [5, 5.41) is 3.53. The minimum atomic E-state index is 0.137. The van der Waals surface area contributed by atoms with E-state index < -0.39 is 0 Å². The van der Waals surface area contributed by atoms with Gasteiger partial charge in [0.15, 0.2) is 0 Å². The third kappa shape index (κ3) is 2.65. The van der Waals surface area contributed by atoms with Crippen LogP contribution in [0.3, 0.4) is 0 Å². The number of hydrogen-bond donors (Lipinski definition) is 1. The molecule has 2 heteroatoms. The largest absolute Gasteiger partial charge is 0.467 e. The summed E-state index contributed by atoms with van der Waals surface area (Å²) in [5.74, 6) is 0.941. The van der Waals surface area contributed by atoms with E-state index in [0.717, 1.165) is 17.9 Å². The summed E-state index contributed by atoms with van der Waals surface area (Å²) in [5.41, 5.74) is 3.72. The SMILES string of the molecule is C=CCC(Nc1cccc(C)c1C)c1ccco1. The number of anilines is 1. The first-order valence-corrected chi connectivity index (χ1v) is 6.19. The van der Waals surface area contributed by atoms with Gasteiger partial charge in [-0.15, -0.1) is 6.58 Å². The van der Waals surface area contributed by atoms with E-state index in [-0.39, 0.29) is 6.04 Å². The van der Waals surface area contributed by atoms with Gasteiger partial charge in [0, 0.05) is 5.69 Å². The molecule has 94 valence electrons. The quantitative estimate of drug-likeness (QED) is 0.772. The van der Waals surface area contributed by atoms with Crippen LogP contribution in [0.25, 0.3) is 0 Å². The third-order valence-electron chi connectivity index (χ3n) is 3.22. The Bertz CT molecular complexity index is 514. The second-order valence-corrected chi connectivity index (χ2v) is 4.48. The molecule has 2 aromatic rings. The Hall–Kier alpha value is -1.96. The van der Waals surface area contributed by atoms with Gasteiger partial charge in [0.1, 0.15) is 5.76 Å². The van der Waals surface area contributed by atoms with Crippen molar-refractivity contribution in [3.8, 4) is 0 Å². The molecule has 0 spiro atoms. The lowest BCUT2D eigenvalue weighted by molar-refractivity contribution is 0.480. The zero-order valence-corrected chi connectivity index (χ0v) is 10.9. The molecule has 0 saturated heterocycles. The highest BCUT2D eigenvalue weighted by Crippen LogP contribution is 2.26. The van der Waals surface area contributed by atoms with Gasteiger partial charge in [-0.3, -0.25) is 0 Å². The number of furan rings is 1. The number of nitrogens with one attached hydrogen (secondary N) is 1. The first-order chi connectivity index (χ1) is 8.72. The van der Waals surface area contributed by atoms with E-state index in [1.165, 1.54) is 11.1 Å². The van der Waals surface area contributed by atoms with E-state index in [9.17, 15) is 0 Å². The highest BCUT2D eigenvalue weighted by molar-refractivity contribution is 5.54. The van der Waals surface area contributed by atoms with E-state index in [1.807, 2.05) is 18.2 Å². The van der Waals surface area contributed by atoms with Gasteiger partial charge in [0.25, 0.3) is 0 Å². The zero-order valence-electron chi connectivity index (χ0n) is 10.9. The van der Waals surface area contributed by atoms with Crippen molar-refractivity contribution in [1.29, 1.82) is 0 Å². The number of rotatable bonds is 5. The Kier molecular flexibility index (Phi) is 3.88. The Morgan fingerprint density at radius 2 is 2.11 bits per heavy atom. The fraction of sp³-hybridized carbons (Fsp3) is 0.250. The van der Waals surface area contributed by atoms with Crippen molar-refractivity contribution in [3.05, 3.63) is 66.1 Å². The minimum Gasteiger partial charge on any atom is -0.467 e. The predicted molar refractivity (Wildman–Crippen MR) is 75.8 cm³/mol. The van der Waals surface area contributed by atoms with Gasteiger partial charge in [0.2, 0.25) is 0 Å². The van der Waals surface area contributed by atoms with Crippen LogP contribution in [0.1, 0.15) is 29.3 Å². The fourth-order valence-electron chi connectivity index (χ4n) is 2.00. The molecule has 18 heavy (non-hydrogen) atoms. The molecule has 1 N–H and O–H groups in total. The van der Waals surface area contributed by atoms with Gasteiger partial charge in [-0.1, -0.05) is 18.2 Å². The molecule has 0 bridgehead atoms. The Morgan fingerprint density at radius 3 is 2.78 bits per heavy atom. The van der Waals surface area contributed by atoms with Crippen LogP contribution >= 0.6 is 0 Å². The molecule has 2 nitrogen and oxygen atoms in total. The minimum absolute atomic E-state index is 0.137. The van der Waals surface area contributed by atoms with Gasteiger partial charge < -0.3 is 9.73 Å². The van der Waals surface area contributed by atoms with Gasteiger partial charge in [-0.25, -0.2) is 0 Å². The normalized spacial score (nSPS) is 12.1. The van der Waals surface area contributed by atoms with Crippen molar-refractivity contribution >= 4 is 5.69 Å². The van der Waals surface area contributed by atoms with E-state index in [2.05, 4.69) is 43.9 Å². The van der Waals surface area contributed by atoms with Crippen molar-refractivity contribution in [1.82, 2.24) is 0 Å². The van der Waals surface area contributed by atoms with Crippen molar-refractivity contribution in [3.63, 3.8) is 0 Å². The maximum atomic E-state index is 5.48. The molecule has 1 unspecified atom stereocenters. The summed E-state index contributed by atoms with van der Waals surface area (Å²) >= 11 is 0. The van der Waals surface area contributed by atoms with Crippen LogP contribution in [-0.2, 0) is 0 Å². The maximum absolute atomic E-state index is 5.48. The molecule has 2 rings (SSSR count). The number of hydrogen-bond acceptors (Lipinski definition) is 2. The lowest BCUT2D eigenvalue weighted by atomic mass is 10.1. The summed E-state index contributed by atoms with van der Waals surface area (Å²) in [4.78, 5) is 0. The highest BCUT2D eigenvalue weighted by Gasteiger charge is 2.13. The molecule has 0 radical (unpaired) electrons. The lowest BCUT2D eigenvalue weighted by Crippen LogP contribution is -2.10. The van der Waals surface area contributed by atoms with E-state index in [4.69, 9.17) is 4.42 Å². The Morgan fingerprint density at radius 1 is 1.28 bits per heavy atom. The van der Waals surface area contributed by atoms with Crippen molar-refractivity contribution in [2.45, 2.75) is 26.3 Å². The number of aryl methyl sites for hydroxylation is 1. The first-order valence-electron chi connectivity index (χ1n) is 6.19. The standard InChI is InChI=1S/C16H19NO/c1-4-7-15(16-10-6-11-18-16)17-14-9-5-8-12(2)13(14)3/h4-6,8-11,15,17H,1,7H2,2-3H3. The third-order valence-corrected chi connectivity index (χ3v) is 3.22. The monoisotopic (exact) mass is 241 g/mol. The molecule has 1 aromatic carbocycles. The molecule has 1 heterocycles. The molecule has 1 aromatic heterocycles. The maximum Gasteiger partial charge on any atom is 0.126 e. The molecule has 0 fully saturated rings. The van der Waals surface area contributed by atoms with Crippen LogP contribution in [0, 0.1) is 13.8 Å². The van der Waals surface area contributed by atoms with Crippen LogP contribution in [0.4, 0.5) is 5.69 Å². The number of benzene rings is 1. The summed E-state index contributed by atoms with van der Waals surface area (Å²) < 4.78 is 5.48. The van der Waals surface area contributed by atoms with Crippen LogP contribution in [0.15, 0.2) is 53.7 Å². The van der Waals surface area contributed by atoms with E-state index >= 15 is 0 Å². The van der Waals surface area contributed by atoms with Gasteiger partial charge in [-0.2, -0.15) is 0 Å². The Balaban J connectivity index is 2.24. The Labute approximate surface area is 108 Å². The smallest absolute Gasteiger partial charge is 0.126 e. The molecule has 0 aliphatic heterocycles. The van der Waals surface area contributed by atoms with Crippen LogP contribution < -0.4 is 5.32 Å². The van der Waals surface area contributed by atoms with Gasteiger partial charge in [-0.05, 0) is 49.6 Å². The van der Waals surface area contributed by atoms with Crippen LogP contribution in [0.2, 0.25) is 0 Å².